The Morgan fingerprint density at radius 1 is 0.875 bits per heavy atom. The number of anilines is 2. The van der Waals surface area contributed by atoms with Gasteiger partial charge in [-0.2, -0.15) is 0 Å². The van der Waals surface area contributed by atoms with E-state index in [1.54, 1.807) is 0 Å². The van der Waals surface area contributed by atoms with Crippen molar-refractivity contribution in [2.75, 3.05) is 62.6 Å². The number of hydrogen-bond acceptors (Lipinski definition) is 4. The first-order valence-electron chi connectivity index (χ1n) is 12.5. The van der Waals surface area contributed by atoms with Gasteiger partial charge in [0.15, 0.2) is 0 Å². The highest BCUT2D eigenvalue weighted by Crippen LogP contribution is 2.28. The van der Waals surface area contributed by atoms with Crippen LogP contribution in [0.4, 0.5) is 16.2 Å². The third-order valence-corrected chi connectivity index (χ3v) is 7.23. The average molecular weight is 442 g/mol. The van der Waals surface area contributed by atoms with Gasteiger partial charge in [-0.3, -0.25) is 9.69 Å². The molecule has 0 aliphatic carbocycles. The number of benzene rings is 1. The van der Waals surface area contributed by atoms with E-state index in [1.807, 2.05) is 21.9 Å². The summed E-state index contributed by atoms with van der Waals surface area (Å²) in [5, 5.41) is 3.16. The van der Waals surface area contributed by atoms with E-state index >= 15 is 0 Å². The van der Waals surface area contributed by atoms with Crippen molar-refractivity contribution >= 4 is 23.3 Å². The molecule has 3 amide bonds. The molecule has 7 heteroatoms. The minimum Gasteiger partial charge on any atom is -0.370 e. The molecule has 32 heavy (non-hydrogen) atoms. The molecule has 0 saturated carbocycles. The number of hydrogen-bond donors (Lipinski definition) is 1. The van der Waals surface area contributed by atoms with Gasteiger partial charge in [0.1, 0.15) is 0 Å². The van der Waals surface area contributed by atoms with E-state index in [-0.39, 0.29) is 11.9 Å². The summed E-state index contributed by atoms with van der Waals surface area (Å²) in [6, 6.07) is 8.48. The summed E-state index contributed by atoms with van der Waals surface area (Å²) in [5.74, 6) is 0.237. The van der Waals surface area contributed by atoms with Crippen molar-refractivity contribution in [1.82, 2.24) is 14.7 Å². The summed E-state index contributed by atoms with van der Waals surface area (Å²) in [4.78, 5) is 34.3. The zero-order chi connectivity index (χ0) is 22.3. The van der Waals surface area contributed by atoms with E-state index in [1.165, 1.54) is 32.1 Å². The third kappa shape index (κ3) is 5.74. The Morgan fingerprint density at radius 3 is 2.28 bits per heavy atom. The fraction of sp³-hybridized carbons (Fsp3) is 0.680. The van der Waals surface area contributed by atoms with Crippen molar-refractivity contribution in [2.24, 2.45) is 0 Å². The molecular formula is C25H39N5O2. The third-order valence-electron chi connectivity index (χ3n) is 7.23. The van der Waals surface area contributed by atoms with Gasteiger partial charge >= 0.3 is 6.03 Å². The largest absolute Gasteiger partial charge is 0.370 e. The first kappa shape index (κ1) is 22.9. The lowest BCUT2D eigenvalue weighted by Gasteiger charge is -2.38. The lowest BCUT2D eigenvalue weighted by molar-refractivity contribution is -0.136. The van der Waals surface area contributed by atoms with Crippen molar-refractivity contribution in [3.63, 3.8) is 0 Å². The van der Waals surface area contributed by atoms with Crippen LogP contribution in [0.3, 0.4) is 0 Å². The van der Waals surface area contributed by atoms with Crippen LogP contribution in [0.2, 0.25) is 0 Å². The number of nitrogens with zero attached hydrogens (tertiary/aromatic N) is 4. The number of urea groups is 1. The van der Waals surface area contributed by atoms with Gasteiger partial charge in [-0.1, -0.05) is 25.0 Å². The fourth-order valence-electron chi connectivity index (χ4n) is 5.22. The number of amides is 3. The fourth-order valence-corrected chi connectivity index (χ4v) is 5.22. The van der Waals surface area contributed by atoms with Gasteiger partial charge in [0.2, 0.25) is 5.91 Å². The summed E-state index contributed by atoms with van der Waals surface area (Å²) in [5.41, 5.74) is 2.03. The Morgan fingerprint density at radius 2 is 1.56 bits per heavy atom. The van der Waals surface area contributed by atoms with Gasteiger partial charge in [-0.25, -0.2) is 4.79 Å². The highest BCUT2D eigenvalue weighted by Gasteiger charge is 2.27. The second-order valence-corrected chi connectivity index (χ2v) is 9.54. The van der Waals surface area contributed by atoms with Crippen LogP contribution >= 0.6 is 0 Å². The van der Waals surface area contributed by atoms with Crippen LogP contribution in [0.5, 0.6) is 0 Å². The Hall–Kier alpha value is -2.28. The molecule has 3 saturated heterocycles. The van der Waals surface area contributed by atoms with Crippen molar-refractivity contribution in [3.05, 3.63) is 24.3 Å². The van der Waals surface area contributed by atoms with Crippen LogP contribution in [0, 0.1) is 0 Å². The molecule has 0 spiro atoms. The molecule has 3 heterocycles. The van der Waals surface area contributed by atoms with Crippen molar-refractivity contribution in [3.8, 4) is 0 Å². The summed E-state index contributed by atoms with van der Waals surface area (Å²) in [7, 11) is 0. The first-order valence-corrected chi connectivity index (χ1v) is 12.5. The van der Waals surface area contributed by atoms with Gasteiger partial charge in [0.25, 0.3) is 0 Å². The standard InChI is InChI=1S/C25H39N5O2/c1-21-10-6-9-15-30(21)24(31)20-27-16-18-29(19-17-27)25(32)26-22-11-4-5-12-23(22)28-13-7-2-3-8-14-28/h4-5,11-12,21H,2-3,6-10,13-20H2,1H3,(H,26,32). The van der Waals surface area contributed by atoms with Crippen LogP contribution < -0.4 is 10.2 Å². The van der Waals surface area contributed by atoms with E-state index in [0.717, 1.165) is 56.9 Å². The number of carbonyl (C=O) groups is 2. The summed E-state index contributed by atoms with van der Waals surface area (Å²) in [6.45, 7) is 8.41. The maximum absolute atomic E-state index is 13.0. The predicted molar refractivity (Wildman–Crippen MR) is 129 cm³/mol. The molecule has 0 radical (unpaired) electrons. The van der Waals surface area contributed by atoms with Gasteiger partial charge in [-0.15, -0.1) is 0 Å². The van der Waals surface area contributed by atoms with E-state index in [0.29, 0.717) is 25.7 Å². The van der Waals surface area contributed by atoms with Crippen LogP contribution in [-0.4, -0.2) is 85.0 Å². The van der Waals surface area contributed by atoms with Crippen molar-refractivity contribution in [2.45, 2.75) is 57.9 Å². The molecule has 7 nitrogen and oxygen atoms in total. The van der Waals surface area contributed by atoms with Gasteiger partial charge in [0.05, 0.1) is 17.9 Å². The predicted octanol–water partition coefficient (Wildman–Crippen LogP) is 3.62. The molecular weight excluding hydrogens is 402 g/mol. The molecule has 4 rings (SSSR count). The smallest absolute Gasteiger partial charge is 0.321 e. The molecule has 1 aromatic rings. The number of carbonyl (C=O) groups excluding carboxylic acids is 2. The highest BCUT2D eigenvalue weighted by molar-refractivity contribution is 5.93. The number of nitrogens with one attached hydrogen (secondary N) is 1. The minimum absolute atomic E-state index is 0.0390. The molecule has 1 aromatic carbocycles. The summed E-state index contributed by atoms with van der Waals surface area (Å²) < 4.78 is 0. The molecule has 3 aliphatic heterocycles. The van der Waals surface area contributed by atoms with Crippen LogP contribution in [0.1, 0.15) is 51.9 Å². The second kappa shape index (κ2) is 11.0. The van der Waals surface area contributed by atoms with Gasteiger partial charge in [0, 0.05) is 51.9 Å². The highest BCUT2D eigenvalue weighted by atomic mass is 16.2. The lowest BCUT2D eigenvalue weighted by Crippen LogP contribution is -2.53. The maximum atomic E-state index is 13.0. The Labute approximate surface area is 192 Å². The quantitative estimate of drug-likeness (QED) is 0.775. The molecule has 0 aromatic heterocycles. The zero-order valence-corrected chi connectivity index (χ0v) is 19.6. The van der Waals surface area contributed by atoms with E-state index in [2.05, 4.69) is 34.2 Å². The van der Waals surface area contributed by atoms with E-state index in [9.17, 15) is 9.59 Å². The van der Waals surface area contributed by atoms with Crippen LogP contribution in [-0.2, 0) is 4.79 Å². The second-order valence-electron chi connectivity index (χ2n) is 9.54. The summed E-state index contributed by atoms with van der Waals surface area (Å²) >= 11 is 0. The number of para-hydroxylation sites is 2. The zero-order valence-electron chi connectivity index (χ0n) is 19.6. The van der Waals surface area contributed by atoms with E-state index < -0.39 is 0 Å². The van der Waals surface area contributed by atoms with E-state index in [4.69, 9.17) is 0 Å². The molecule has 1 atom stereocenters. The molecule has 1 N–H and O–H groups in total. The van der Waals surface area contributed by atoms with Gasteiger partial charge in [-0.05, 0) is 51.2 Å². The molecule has 176 valence electrons. The SMILES string of the molecule is CC1CCCCN1C(=O)CN1CCN(C(=O)Nc2ccccc2N2CCCCCC2)CC1. The Kier molecular flexibility index (Phi) is 7.90. The molecule has 0 bridgehead atoms. The normalized spacial score (nSPS) is 23.0. The first-order chi connectivity index (χ1) is 15.6. The number of likely N-dealkylation sites (tertiary alicyclic amines) is 1. The number of piperidine rings is 1. The topological polar surface area (TPSA) is 59.1 Å². The van der Waals surface area contributed by atoms with Crippen LogP contribution in [0.15, 0.2) is 24.3 Å². The Balaban J connectivity index is 1.28. The molecule has 3 fully saturated rings. The van der Waals surface area contributed by atoms with Gasteiger partial charge < -0.3 is 20.0 Å². The Bertz CT molecular complexity index is 769. The lowest BCUT2D eigenvalue weighted by atomic mass is 10.0. The maximum Gasteiger partial charge on any atom is 0.321 e. The summed E-state index contributed by atoms with van der Waals surface area (Å²) in [6.07, 6.45) is 8.43. The van der Waals surface area contributed by atoms with Crippen molar-refractivity contribution in [1.29, 1.82) is 0 Å². The molecule has 3 aliphatic rings. The number of piperazine rings is 1. The van der Waals surface area contributed by atoms with Crippen molar-refractivity contribution < 1.29 is 9.59 Å². The monoisotopic (exact) mass is 441 g/mol. The van der Waals surface area contributed by atoms with Crippen LogP contribution in [0.25, 0.3) is 0 Å². The molecule has 1 unspecified atom stereocenters. The minimum atomic E-state index is -0.0390. The average Bonchev–Trinajstić information content (AvgIpc) is 3.10. The number of rotatable bonds is 4.